The van der Waals surface area contributed by atoms with Gasteiger partial charge in [-0.2, -0.15) is 0 Å². The Morgan fingerprint density at radius 2 is 2.13 bits per heavy atom. The first-order valence-electron chi connectivity index (χ1n) is 7.15. The molecule has 0 aliphatic rings. The Morgan fingerprint density at radius 1 is 1.35 bits per heavy atom. The number of nitrogens with zero attached hydrogens (tertiary/aromatic N) is 3. The van der Waals surface area contributed by atoms with Crippen LogP contribution in [0.3, 0.4) is 0 Å². The number of carbonyl (C=O) groups is 1. The third-order valence-electron chi connectivity index (χ3n) is 3.49. The molecule has 0 amide bonds. The molecule has 0 radical (unpaired) electrons. The maximum atomic E-state index is 12.3. The summed E-state index contributed by atoms with van der Waals surface area (Å²) in [6.45, 7) is 0. The van der Waals surface area contributed by atoms with Crippen molar-refractivity contribution >= 4 is 17.1 Å². The lowest BCUT2D eigenvalue weighted by molar-refractivity contribution is 0.0411. The minimum Gasteiger partial charge on any atom is -0.445 e. The summed E-state index contributed by atoms with van der Waals surface area (Å²) in [6.07, 6.45) is 8.46. The van der Waals surface area contributed by atoms with Gasteiger partial charge in [0, 0.05) is 19.7 Å². The topological polar surface area (TPSA) is 57.0 Å². The van der Waals surface area contributed by atoms with E-state index in [0.717, 1.165) is 5.56 Å². The smallest absolute Gasteiger partial charge is 0.341 e. The van der Waals surface area contributed by atoms with Gasteiger partial charge in [0.05, 0.1) is 11.9 Å². The molecule has 0 aliphatic heterocycles. The van der Waals surface area contributed by atoms with Gasteiger partial charge < -0.3 is 9.30 Å². The van der Waals surface area contributed by atoms with E-state index < -0.39 is 12.1 Å². The fraction of sp³-hybridized carbons (Fsp3) is 0.167. The van der Waals surface area contributed by atoms with Gasteiger partial charge in [-0.15, -0.1) is 6.42 Å². The second-order valence-corrected chi connectivity index (χ2v) is 5.17. The molecule has 0 bridgehead atoms. The summed E-state index contributed by atoms with van der Waals surface area (Å²) in [5.41, 5.74) is 2.70. The number of hydrogen-bond acceptors (Lipinski definition) is 4. The molecule has 0 N–H and O–H groups in total. The van der Waals surface area contributed by atoms with Crippen molar-refractivity contribution in [2.75, 3.05) is 0 Å². The number of carbonyl (C=O) groups excluding carboxylic acids is 1. The van der Waals surface area contributed by atoms with Gasteiger partial charge in [0.2, 0.25) is 0 Å². The molecule has 5 heteroatoms. The summed E-state index contributed by atoms with van der Waals surface area (Å²) in [4.78, 5) is 20.7. The summed E-state index contributed by atoms with van der Waals surface area (Å²) in [7, 11) is 1.84. The molecule has 5 nitrogen and oxygen atoms in total. The molecule has 0 fully saturated rings. The molecule has 114 valence electrons. The maximum absolute atomic E-state index is 12.3. The van der Waals surface area contributed by atoms with E-state index in [1.807, 2.05) is 37.4 Å². The monoisotopic (exact) mass is 305 g/mol. The van der Waals surface area contributed by atoms with Crippen LogP contribution in [-0.2, 0) is 18.2 Å². The van der Waals surface area contributed by atoms with E-state index in [9.17, 15) is 4.79 Å². The maximum Gasteiger partial charge on any atom is 0.341 e. The molecule has 1 aromatic carbocycles. The first kappa shape index (κ1) is 14.8. The molecular formula is C18H15N3O2. The fourth-order valence-electron chi connectivity index (χ4n) is 2.29. The standard InChI is InChI=1S/C18H15N3O2/c1-3-15(9-13-7-5-4-6-8-13)23-18(22)14-10-16-17(19-11-14)21(2)12-20-16/h1,4-8,10-12,15H,9H2,2H3/t15-/m1/s1. The number of esters is 1. The SMILES string of the molecule is C#C[C@H](Cc1ccccc1)OC(=O)c1cnc2c(c1)ncn2C. The number of fused-ring (bicyclic) bond motifs is 1. The van der Waals surface area contributed by atoms with E-state index in [4.69, 9.17) is 11.2 Å². The summed E-state index contributed by atoms with van der Waals surface area (Å²) >= 11 is 0. The van der Waals surface area contributed by atoms with E-state index in [2.05, 4.69) is 15.9 Å². The molecule has 0 saturated carbocycles. The highest BCUT2D eigenvalue weighted by atomic mass is 16.5. The Hall–Kier alpha value is -3.13. The van der Waals surface area contributed by atoms with Crippen molar-refractivity contribution in [3.63, 3.8) is 0 Å². The summed E-state index contributed by atoms with van der Waals surface area (Å²) in [5, 5.41) is 0. The Balaban J connectivity index is 1.74. The minimum absolute atomic E-state index is 0.338. The van der Waals surface area contributed by atoms with Crippen LogP contribution in [0.2, 0.25) is 0 Å². The summed E-state index contributed by atoms with van der Waals surface area (Å²) < 4.78 is 7.18. The highest BCUT2D eigenvalue weighted by Gasteiger charge is 2.16. The second kappa shape index (κ2) is 6.32. The Bertz CT molecular complexity index is 878. The Kier molecular flexibility index (Phi) is 4.07. The third-order valence-corrected chi connectivity index (χ3v) is 3.49. The highest BCUT2D eigenvalue weighted by molar-refractivity contribution is 5.92. The molecule has 0 unspecified atom stereocenters. The first-order valence-corrected chi connectivity index (χ1v) is 7.15. The van der Waals surface area contributed by atoms with Crippen molar-refractivity contribution < 1.29 is 9.53 Å². The fourth-order valence-corrected chi connectivity index (χ4v) is 2.29. The van der Waals surface area contributed by atoms with Crippen LogP contribution in [0.1, 0.15) is 15.9 Å². The number of aromatic nitrogens is 3. The molecule has 0 aliphatic carbocycles. The Morgan fingerprint density at radius 3 is 2.87 bits per heavy atom. The molecule has 2 aromatic heterocycles. The molecular weight excluding hydrogens is 290 g/mol. The average molecular weight is 305 g/mol. The number of hydrogen-bond donors (Lipinski definition) is 0. The van der Waals surface area contributed by atoms with Crippen LogP contribution >= 0.6 is 0 Å². The van der Waals surface area contributed by atoms with Crippen LogP contribution in [0.4, 0.5) is 0 Å². The molecule has 3 aromatic rings. The zero-order valence-electron chi connectivity index (χ0n) is 12.6. The van der Waals surface area contributed by atoms with Crippen molar-refractivity contribution in [1.82, 2.24) is 14.5 Å². The number of ether oxygens (including phenoxy) is 1. The normalized spacial score (nSPS) is 11.8. The first-order chi connectivity index (χ1) is 11.2. The third kappa shape index (κ3) is 3.22. The van der Waals surface area contributed by atoms with Crippen molar-refractivity contribution in [2.45, 2.75) is 12.5 Å². The number of rotatable bonds is 4. The molecule has 0 spiro atoms. The quantitative estimate of drug-likeness (QED) is 0.548. The molecule has 3 rings (SSSR count). The number of imidazole rings is 1. The molecule has 23 heavy (non-hydrogen) atoms. The van der Waals surface area contributed by atoms with E-state index >= 15 is 0 Å². The van der Waals surface area contributed by atoms with Crippen molar-refractivity contribution in [1.29, 1.82) is 0 Å². The lowest BCUT2D eigenvalue weighted by atomic mass is 10.1. The predicted octanol–water partition coefficient (Wildman–Crippen LogP) is 2.37. The average Bonchev–Trinajstić information content (AvgIpc) is 2.95. The lowest BCUT2D eigenvalue weighted by Crippen LogP contribution is -2.19. The van der Waals surface area contributed by atoms with Crippen molar-refractivity contribution in [3.8, 4) is 12.3 Å². The van der Waals surface area contributed by atoms with Crippen LogP contribution in [-0.4, -0.2) is 26.6 Å². The van der Waals surface area contributed by atoms with Crippen LogP contribution in [0.5, 0.6) is 0 Å². The van der Waals surface area contributed by atoms with E-state index in [1.54, 1.807) is 17.0 Å². The van der Waals surface area contributed by atoms with Gasteiger partial charge in [-0.3, -0.25) is 0 Å². The largest absolute Gasteiger partial charge is 0.445 e. The predicted molar refractivity (Wildman–Crippen MR) is 86.7 cm³/mol. The van der Waals surface area contributed by atoms with Crippen LogP contribution in [0, 0.1) is 12.3 Å². The van der Waals surface area contributed by atoms with Crippen LogP contribution < -0.4 is 0 Å². The van der Waals surface area contributed by atoms with E-state index in [-0.39, 0.29) is 0 Å². The van der Waals surface area contributed by atoms with Gasteiger partial charge >= 0.3 is 5.97 Å². The number of terminal acetylenes is 1. The van der Waals surface area contributed by atoms with E-state index in [1.165, 1.54) is 6.20 Å². The Labute approximate surface area is 133 Å². The molecule has 1 atom stereocenters. The van der Waals surface area contributed by atoms with Crippen LogP contribution in [0.25, 0.3) is 11.2 Å². The van der Waals surface area contributed by atoms with Gasteiger partial charge in [0.25, 0.3) is 0 Å². The molecule has 2 heterocycles. The van der Waals surface area contributed by atoms with Gasteiger partial charge in [0.15, 0.2) is 11.8 Å². The highest BCUT2D eigenvalue weighted by Crippen LogP contribution is 2.13. The number of pyridine rings is 1. The van der Waals surface area contributed by atoms with Gasteiger partial charge in [0.1, 0.15) is 5.52 Å². The van der Waals surface area contributed by atoms with Gasteiger partial charge in [-0.25, -0.2) is 14.8 Å². The van der Waals surface area contributed by atoms with Crippen molar-refractivity contribution in [2.24, 2.45) is 7.05 Å². The molecule has 0 saturated heterocycles. The van der Waals surface area contributed by atoms with Crippen LogP contribution in [0.15, 0.2) is 48.9 Å². The van der Waals surface area contributed by atoms with Gasteiger partial charge in [-0.1, -0.05) is 36.3 Å². The number of benzene rings is 1. The zero-order chi connectivity index (χ0) is 16.2. The number of aryl methyl sites for hydroxylation is 1. The zero-order valence-corrected chi connectivity index (χ0v) is 12.6. The lowest BCUT2D eigenvalue weighted by Gasteiger charge is -2.12. The second-order valence-electron chi connectivity index (χ2n) is 5.17. The van der Waals surface area contributed by atoms with Crippen molar-refractivity contribution in [3.05, 3.63) is 60.0 Å². The summed E-state index contributed by atoms with van der Waals surface area (Å²) in [5.74, 6) is 2.01. The summed E-state index contributed by atoms with van der Waals surface area (Å²) in [6, 6.07) is 11.3. The van der Waals surface area contributed by atoms with Gasteiger partial charge in [-0.05, 0) is 11.6 Å². The minimum atomic E-state index is -0.621. The van der Waals surface area contributed by atoms with E-state index in [0.29, 0.717) is 23.1 Å².